The van der Waals surface area contributed by atoms with E-state index in [2.05, 4.69) is 10.6 Å². The molecule has 3 amide bonds. The van der Waals surface area contributed by atoms with Gasteiger partial charge in [-0.2, -0.15) is 13.2 Å². The normalized spacial score (nSPS) is 16.1. The second-order valence-corrected chi connectivity index (χ2v) is 5.71. The van der Waals surface area contributed by atoms with Crippen molar-refractivity contribution in [1.29, 1.82) is 0 Å². The van der Waals surface area contributed by atoms with E-state index in [0.29, 0.717) is 0 Å². The van der Waals surface area contributed by atoms with Crippen LogP contribution in [0.25, 0.3) is 0 Å². The number of anilines is 2. The summed E-state index contributed by atoms with van der Waals surface area (Å²) in [7, 11) is 0. The summed E-state index contributed by atoms with van der Waals surface area (Å²) >= 11 is 0. The molecule has 1 saturated heterocycles. The van der Waals surface area contributed by atoms with Crippen molar-refractivity contribution in [2.75, 3.05) is 36.5 Å². The molecule has 2 rings (SSSR count). The Kier molecular flexibility index (Phi) is 6.39. The van der Waals surface area contributed by atoms with Crippen LogP contribution in [0.3, 0.4) is 0 Å². The number of ether oxygens (including phenoxy) is 1. The number of halogens is 3. The molecule has 0 unspecified atom stereocenters. The van der Waals surface area contributed by atoms with Crippen LogP contribution in [-0.2, 0) is 25.3 Å². The van der Waals surface area contributed by atoms with Crippen molar-refractivity contribution in [3.8, 4) is 0 Å². The fraction of sp³-hybridized carbons (Fsp3) is 0.438. The molecular formula is C16H19F3N4O4. The highest BCUT2D eigenvalue weighted by Crippen LogP contribution is 2.37. The van der Waals surface area contributed by atoms with Crippen molar-refractivity contribution in [2.45, 2.75) is 19.1 Å². The third kappa shape index (κ3) is 4.95. The number of rotatable bonds is 6. The van der Waals surface area contributed by atoms with Gasteiger partial charge in [-0.1, -0.05) is 6.92 Å². The highest BCUT2D eigenvalue weighted by atomic mass is 19.4. The van der Waals surface area contributed by atoms with Gasteiger partial charge in [0, 0.05) is 12.2 Å². The highest BCUT2D eigenvalue weighted by molar-refractivity contribution is 6.10. The first-order valence-electron chi connectivity index (χ1n) is 8.08. The maximum absolute atomic E-state index is 13.5. The summed E-state index contributed by atoms with van der Waals surface area (Å²) in [4.78, 5) is 36.5. The first-order valence-corrected chi connectivity index (χ1v) is 8.08. The zero-order valence-corrected chi connectivity index (χ0v) is 14.4. The number of likely N-dealkylation sites (N-methyl/N-ethyl adjacent to an activating group) is 1. The molecule has 0 radical (unpaired) electrons. The van der Waals surface area contributed by atoms with Gasteiger partial charge in [-0.15, -0.1) is 0 Å². The van der Waals surface area contributed by atoms with Crippen molar-refractivity contribution in [1.82, 2.24) is 5.32 Å². The Morgan fingerprint density at radius 2 is 2.07 bits per heavy atom. The van der Waals surface area contributed by atoms with Crippen LogP contribution in [0, 0.1) is 0 Å². The number of nitrogens with two attached hydrogens (primary N) is 1. The smallest absolute Gasteiger partial charge is 0.370 e. The predicted octanol–water partition coefficient (Wildman–Crippen LogP) is 0.470. The molecule has 0 spiro atoms. The molecule has 1 heterocycles. The van der Waals surface area contributed by atoms with Gasteiger partial charge in [0.1, 0.15) is 6.61 Å². The van der Waals surface area contributed by atoms with E-state index < -0.39 is 41.2 Å². The molecule has 0 saturated carbocycles. The van der Waals surface area contributed by atoms with Gasteiger partial charge < -0.3 is 20.7 Å². The summed E-state index contributed by atoms with van der Waals surface area (Å²) in [6, 6.07) is 1.60. The van der Waals surface area contributed by atoms with Gasteiger partial charge in [0.15, 0.2) is 6.04 Å². The molecule has 27 heavy (non-hydrogen) atoms. The molecule has 0 aliphatic carbocycles. The van der Waals surface area contributed by atoms with Gasteiger partial charge in [-0.25, -0.2) is 0 Å². The lowest BCUT2D eigenvalue weighted by Crippen LogP contribution is -2.49. The standard InChI is InChI=1S/C16H19F3N4O4/c1-2-21-13(14(20)25)15(26)22-11-4-3-9(7-10(11)16(17,18)19)23-5-6-27-8-12(23)24/h3-4,7,13,21H,2,5-6,8H2,1H3,(H2,20,25)(H,22,26)/t13-/m0/s1. The molecular weight excluding hydrogens is 369 g/mol. The number of nitrogens with zero attached hydrogens (tertiary/aromatic N) is 1. The summed E-state index contributed by atoms with van der Waals surface area (Å²) in [5.74, 6) is -2.49. The number of carbonyl (C=O) groups is 3. The lowest BCUT2D eigenvalue weighted by Gasteiger charge is -2.28. The van der Waals surface area contributed by atoms with Crippen molar-refractivity contribution >= 4 is 29.1 Å². The maximum Gasteiger partial charge on any atom is 0.418 e. The molecule has 1 atom stereocenters. The number of primary amides is 1. The van der Waals surface area contributed by atoms with Gasteiger partial charge in [0.2, 0.25) is 5.91 Å². The van der Waals surface area contributed by atoms with Gasteiger partial charge in [-0.3, -0.25) is 19.7 Å². The Morgan fingerprint density at radius 3 is 2.63 bits per heavy atom. The number of carbonyl (C=O) groups excluding carboxylic acids is 3. The topological polar surface area (TPSA) is 114 Å². The predicted molar refractivity (Wildman–Crippen MR) is 89.9 cm³/mol. The van der Waals surface area contributed by atoms with Crippen molar-refractivity contribution in [3.05, 3.63) is 23.8 Å². The first kappa shape index (κ1) is 20.6. The van der Waals surface area contributed by atoms with Crippen LogP contribution >= 0.6 is 0 Å². The molecule has 1 aromatic rings. The molecule has 4 N–H and O–H groups in total. The number of hydrogen-bond acceptors (Lipinski definition) is 5. The molecule has 8 nitrogen and oxygen atoms in total. The van der Waals surface area contributed by atoms with E-state index in [1.54, 1.807) is 6.92 Å². The van der Waals surface area contributed by atoms with Gasteiger partial charge >= 0.3 is 6.18 Å². The van der Waals surface area contributed by atoms with Gasteiger partial charge in [0.05, 0.1) is 17.9 Å². The highest BCUT2D eigenvalue weighted by Gasteiger charge is 2.36. The number of nitrogens with one attached hydrogen (secondary N) is 2. The van der Waals surface area contributed by atoms with E-state index in [1.165, 1.54) is 11.0 Å². The average molecular weight is 388 g/mol. The van der Waals surface area contributed by atoms with Crippen molar-refractivity contribution < 1.29 is 32.3 Å². The number of morpholine rings is 1. The molecule has 1 aromatic carbocycles. The van der Waals surface area contributed by atoms with Gasteiger partial charge in [0.25, 0.3) is 11.8 Å². The average Bonchev–Trinajstić information content (AvgIpc) is 2.59. The van der Waals surface area contributed by atoms with E-state index in [-0.39, 0.29) is 32.0 Å². The van der Waals surface area contributed by atoms with Crippen LogP contribution in [0.4, 0.5) is 24.5 Å². The fourth-order valence-corrected chi connectivity index (χ4v) is 2.57. The lowest BCUT2D eigenvalue weighted by atomic mass is 10.1. The summed E-state index contributed by atoms with van der Waals surface area (Å²) < 4.78 is 45.4. The molecule has 0 aromatic heterocycles. The van der Waals surface area contributed by atoms with Crippen LogP contribution in [0.5, 0.6) is 0 Å². The monoisotopic (exact) mass is 388 g/mol. The molecule has 148 valence electrons. The summed E-state index contributed by atoms with van der Waals surface area (Å²) in [5, 5.41) is 4.57. The Hall–Kier alpha value is -2.66. The van der Waals surface area contributed by atoms with E-state index in [9.17, 15) is 27.6 Å². The third-order valence-corrected chi connectivity index (χ3v) is 3.82. The minimum atomic E-state index is -4.80. The molecule has 1 fully saturated rings. The van der Waals surface area contributed by atoms with E-state index >= 15 is 0 Å². The van der Waals surface area contributed by atoms with Crippen molar-refractivity contribution in [3.63, 3.8) is 0 Å². The Morgan fingerprint density at radius 1 is 1.37 bits per heavy atom. The van der Waals surface area contributed by atoms with E-state index in [4.69, 9.17) is 10.5 Å². The van der Waals surface area contributed by atoms with Crippen LogP contribution in [0.2, 0.25) is 0 Å². The number of hydrogen-bond donors (Lipinski definition) is 3. The quantitative estimate of drug-likeness (QED) is 0.613. The Balaban J connectivity index is 2.34. The zero-order valence-electron chi connectivity index (χ0n) is 14.4. The van der Waals surface area contributed by atoms with E-state index in [1.807, 2.05) is 0 Å². The van der Waals surface area contributed by atoms with Crippen LogP contribution in [0.15, 0.2) is 18.2 Å². The molecule has 1 aliphatic heterocycles. The number of amides is 3. The lowest BCUT2D eigenvalue weighted by molar-refractivity contribution is -0.137. The Bertz CT molecular complexity index is 739. The Labute approximate surface area is 152 Å². The van der Waals surface area contributed by atoms with Gasteiger partial charge in [-0.05, 0) is 24.7 Å². The van der Waals surface area contributed by atoms with Crippen LogP contribution < -0.4 is 21.3 Å². The minimum Gasteiger partial charge on any atom is -0.370 e. The maximum atomic E-state index is 13.5. The summed E-state index contributed by atoms with van der Waals surface area (Å²) in [5.41, 5.74) is 3.45. The number of benzene rings is 1. The largest absolute Gasteiger partial charge is 0.418 e. The molecule has 1 aliphatic rings. The molecule has 11 heteroatoms. The summed E-state index contributed by atoms with van der Waals surface area (Å²) in [6.45, 7) is 1.92. The van der Waals surface area contributed by atoms with E-state index in [0.717, 1.165) is 12.1 Å². The first-order chi connectivity index (χ1) is 12.6. The van der Waals surface area contributed by atoms with Crippen LogP contribution in [0.1, 0.15) is 12.5 Å². The minimum absolute atomic E-state index is 0.0340. The molecule has 0 bridgehead atoms. The summed E-state index contributed by atoms with van der Waals surface area (Å²) in [6.07, 6.45) is -4.80. The second kappa shape index (κ2) is 8.35. The number of alkyl halides is 3. The third-order valence-electron chi connectivity index (χ3n) is 3.82. The van der Waals surface area contributed by atoms with Crippen molar-refractivity contribution in [2.24, 2.45) is 5.73 Å². The SMILES string of the molecule is CCN[C@@H](C(N)=O)C(=O)Nc1ccc(N2CCOCC2=O)cc1C(F)(F)F. The zero-order chi connectivity index (χ0) is 20.2. The fourth-order valence-electron chi connectivity index (χ4n) is 2.57. The van der Waals surface area contributed by atoms with Crippen LogP contribution in [-0.4, -0.2) is 50.1 Å². The second-order valence-electron chi connectivity index (χ2n) is 5.71.